The van der Waals surface area contributed by atoms with E-state index >= 15 is 0 Å². The smallest absolute Gasteiger partial charge is 0.339 e. The molecule has 0 unspecified atom stereocenters. The number of phenols is 1. The molecule has 10 heteroatoms. The van der Waals surface area contributed by atoms with Crippen LogP contribution >= 0.6 is 0 Å². The Kier molecular flexibility index (Phi) is 4.40. The summed E-state index contributed by atoms with van der Waals surface area (Å²) in [6.45, 7) is 0. The number of carbonyl (C=O) groups excluding carboxylic acids is 1. The lowest BCUT2D eigenvalue weighted by Gasteiger charge is -2.10. The molecule has 0 aliphatic rings. The normalized spacial score (nSPS) is 10.5. The number of aromatic hydroxyl groups is 1. The number of aromatic carboxylic acids is 1. The number of amides is 1. The van der Waals surface area contributed by atoms with E-state index in [1.54, 1.807) is 5.32 Å². The first kappa shape index (κ1) is 17.2. The van der Waals surface area contributed by atoms with E-state index in [1.165, 1.54) is 0 Å². The third-order valence-corrected chi connectivity index (χ3v) is 2.92. The first-order chi connectivity index (χ1) is 11.1. The molecule has 1 amide bonds. The minimum Gasteiger partial charge on any atom is -0.507 e. The van der Waals surface area contributed by atoms with Crippen molar-refractivity contribution >= 4 is 17.6 Å². The van der Waals surface area contributed by atoms with Crippen LogP contribution in [0.4, 0.5) is 27.6 Å². The van der Waals surface area contributed by atoms with Crippen molar-refractivity contribution in [1.82, 2.24) is 0 Å². The highest BCUT2D eigenvalue weighted by molar-refractivity contribution is 6.05. The Morgan fingerprint density at radius 3 is 1.83 bits per heavy atom. The van der Waals surface area contributed by atoms with Crippen LogP contribution in [0.1, 0.15) is 20.7 Å². The van der Waals surface area contributed by atoms with Gasteiger partial charge in [-0.05, 0) is 12.1 Å². The van der Waals surface area contributed by atoms with Crippen molar-refractivity contribution < 1.29 is 41.8 Å². The number of benzene rings is 2. The summed E-state index contributed by atoms with van der Waals surface area (Å²) in [7, 11) is 0. The summed E-state index contributed by atoms with van der Waals surface area (Å²) >= 11 is 0. The topological polar surface area (TPSA) is 86.6 Å². The van der Waals surface area contributed by atoms with Gasteiger partial charge in [-0.1, -0.05) is 0 Å². The van der Waals surface area contributed by atoms with Crippen LogP contribution in [0.3, 0.4) is 0 Å². The van der Waals surface area contributed by atoms with Crippen molar-refractivity contribution in [2.45, 2.75) is 0 Å². The molecule has 0 atom stereocenters. The fourth-order valence-corrected chi connectivity index (χ4v) is 1.79. The molecule has 0 radical (unpaired) electrons. The monoisotopic (exact) mass is 347 g/mol. The molecule has 0 saturated carbocycles. The first-order valence-electron chi connectivity index (χ1n) is 6.04. The Bertz CT molecular complexity index is 840. The zero-order valence-electron chi connectivity index (χ0n) is 11.3. The third-order valence-electron chi connectivity index (χ3n) is 2.92. The van der Waals surface area contributed by atoms with E-state index in [1.807, 2.05) is 0 Å². The second-order valence-electron chi connectivity index (χ2n) is 4.44. The molecule has 126 valence electrons. The van der Waals surface area contributed by atoms with Crippen molar-refractivity contribution in [3.05, 3.63) is 58.4 Å². The Morgan fingerprint density at radius 1 is 0.875 bits per heavy atom. The van der Waals surface area contributed by atoms with Gasteiger partial charge in [-0.3, -0.25) is 4.79 Å². The summed E-state index contributed by atoms with van der Waals surface area (Å²) < 4.78 is 66.0. The highest BCUT2D eigenvalue weighted by Gasteiger charge is 2.29. The Labute approximate surface area is 130 Å². The van der Waals surface area contributed by atoms with E-state index in [-0.39, 0.29) is 5.69 Å². The first-order valence-corrected chi connectivity index (χ1v) is 6.04. The second-order valence-corrected chi connectivity index (χ2v) is 4.44. The molecule has 0 aliphatic heterocycles. The second kappa shape index (κ2) is 6.14. The molecular weight excluding hydrogens is 341 g/mol. The van der Waals surface area contributed by atoms with Crippen LogP contribution in [0.2, 0.25) is 0 Å². The van der Waals surface area contributed by atoms with Crippen LogP contribution < -0.4 is 5.32 Å². The van der Waals surface area contributed by atoms with E-state index in [9.17, 15) is 36.6 Å². The van der Waals surface area contributed by atoms with E-state index < -0.39 is 57.8 Å². The predicted molar refractivity (Wildman–Crippen MR) is 69.3 cm³/mol. The number of hydrogen-bond donors (Lipinski definition) is 3. The standard InChI is InChI=1S/C14H6F5NO4/c15-8-7(9(16)11(18)12(19)10(8)17)13(22)20-4-1-2-5(14(23)24)6(21)3-4/h1-3,21H,(H,20,22)(H,23,24). The Hall–Kier alpha value is -3.17. The lowest BCUT2D eigenvalue weighted by atomic mass is 10.1. The van der Waals surface area contributed by atoms with Gasteiger partial charge in [0, 0.05) is 11.8 Å². The van der Waals surface area contributed by atoms with Crippen molar-refractivity contribution in [2.75, 3.05) is 5.32 Å². The number of carboxylic acid groups (broad SMARTS) is 1. The number of hydrogen-bond acceptors (Lipinski definition) is 3. The lowest BCUT2D eigenvalue weighted by molar-refractivity contribution is 0.0693. The molecule has 2 aromatic carbocycles. The van der Waals surface area contributed by atoms with Gasteiger partial charge in [-0.25, -0.2) is 26.7 Å². The van der Waals surface area contributed by atoms with Crippen LogP contribution in [-0.4, -0.2) is 22.1 Å². The highest BCUT2D eigenvalue weighted by Crippen LogP contribution is 2.26. The zero-order chi connectivity index (χ0) is 18.2. The molecule has 0 heterocycles. The van der Waals surface area contributed by atoms with Crippen LogP contribution in [-0.2, 0) is 0 Å². The maximum absolute atomic E-state index is 13.5. The molecule has 0 spiro atoms. The predicted octanol–water partition coefficient (Wildman–Crippen LogP) is 3.04. The average Bonchev–Trinajstić information content (AvgIpc) is 2.51. The van der Waals surface area contributed by atoms with Gasteiger partial charge in [0.1, 0.15) is 16.9 Å². The zero-order valence-corrected chi connectivity index (χ0v) is 11.3. The van der Waals surface area contributed by atoms with Gasteiger partial charge in [0.2, 0.25) is 5.82 Å². The van der Waals surface area contributed by atoms with E-state index in [2.05, 4.69) is 0 Å². The number of carboxylic acids is 1. The minimum absolute atomic E-state index is 0.327. The van der Waals surface area contributed by atoms with Crippen LogP contribution in [0.5, 0.6) is 5.75 Å². The summed E-state index contributed by atoms with van der Waals surface area (Å²) in [5.74, 6) is -15.6. The number of anilines is 1. The maximum atomic E-state index is 13.5. The number of rotatable bonds is 3. The van der Waals surface area contributed by atoms with Crippen LogP contribution in [0.25, 0.3) is 0 Å². The molecule has 5 nitrogen and oxygen atoms in total. The quantitative estimate of drug-likeness (QED) is 0.453. The SMILES string of the molecule is O=C(O)c1ccc(NC(=O)c2c(F)c(F)c(F)c(F)c2F)cc1O. The van der Waals surface area contributed by atoms with E-state index in [0.717, 1.165) is 18.2 Å². The van der Waals surface area contributed by atoms with Crippen molar-refractivity contribution in [1.29, 1.82) is 0 Å². The molecule has 2 aromatic rings. The molecule has 0 bridgehead atoms. The summed E-state index contributed by atoms with van der Waals surface area (Å²) in [6.07, 6.45) is 0. The molecule has 0 saturated heterocycles. The molecule has 0 aliphatic carbocycles. The molecule has 0 aromatic heterocycles. The molecular formula is C14H6F5NO4. The average molecular weight is 347 g/mol. The van der Waals surface area contributed by atoms with Gasteiger partial charge >= 0.3 is 5.97 Å². The van der Waals surface area contributed by atoms with Crippen LogP contribution in [0, 0.1) is 29.1 Å². The van der Waals surface area contributed by atoms with Gasteiger partial charge in [-0.15, -0.1) is 0 Å². The molecule has 2 rings (SSSR count). The highest BCUT2D eigenvalue weighted by atomic mass is 19.2. The van der Waals surface area contributed by atoms with Gasteiger partial charge in [0.25, 0.3) is 5.91 Å². The Balaban J connectivity index is 2.41. The Morgan fingerprint density at radius 2 is 1.38 bits per heavy atom. The fourth-order valence-electron chi connectivity index (χ4n) is 1.79. The minimum atomic E-state index is -2.41. The van der Waals surface area contributed by atoms with Gasteiger partial charge < -0.3 is 15.5 Å². The summed E-state index contributed by atoms with van der Waals surface area (Å²) in [5.41, 5.74) is -2.57. The molecule has 3 N–H and O–H groups in total. The number of nitrogens with one attached hydrogen (secondary N) is 1. The largest absolute Gasteiger partial charge is 0.507 e. The molecule has 0 fully saturated rings. The van der Waals surface area contributed by atoms with Gasteiger partial charge in [-0.2, -0.15) is 0 Å². The van der Waals surface area contributed by atoms with E-state index in [4.69, 9.17) is 5.11 Å². The summed E-state index contributed by atoms with van der Waals surface area (Å²) in [5, 5.41) is 19.9. The lowest BCUT2D eigenvalue weighted by Crippen LogP contribution is -2.19. The summed E-state index contributed by atoms with van der Waals surface area (Å²) in [4.78, 5) is 22.5. The fraction of sp³-hybridized carbons (Fsp3) is 0. The molecule has 24 heavy (non-hydrogen) atoms. The van der Waals surface area contributed by atoms with Crippen LogP contribution in [0.15, 0.2) is 18.2 Å². The van der Waals surface area contributed by atoms with Gasteiger partial charge in [0.05, 0.1) is 0 Å². The number of carbonyl (C=O) groups is 2. The van der Waals surface area contributed by atoms with E-state index in [0.29, 0.717) is 0 Å². The van der Waals surface area contributed by atoms with Crippen molar-refractivity contribution in [2.24, 2.45) is 0 Å². The van der Waals surface area contributed by atoms with Crippen molar-refractivity contribution in [3.8, 4) is 5.75 Å². The maximum Gasteiger partial charge on any atom is 0.339 e. The summed E-state index contributed by atoms with van der Waals surface area (Å²) in [6, 6.07) is 2.55. The third kappa shape index (κ3) is 2.85. The van der Waals surface area contributed by atoms with Gasteiger partial charge in [0.15, 0.2) is 23.3 Å². The van der Waals surface area contributed by atoms with Crippen molar-refractivity contribution in [3.63, 3.8) is 0 Å². The number of halogens is 5.